The van der Waals surface area contributed by atoms with Crippen molar-refractivity contribution in [2.24, 2.45) is 4.99 Å². The number of ether oxygens (including phenoxy) is 2. The van der Waals surface area contributed by atoms with Gasteiger partial charge in [0.2, 0.25) is 5.88 Å². The van der Waals surface area contributed by atoms with Crippen molar-refractivity contribution >= 4 is 39.1 Å². The molecule has 6 nitrogen and oxygen atoms in total. The molecule has 0 saturated carbocycles. The van der Waals surface area contributed by atoms with Crippen molar-refractivity contribution in [3.05, 3.63) is 33.0 Å². The van der Waals surface area contributed by atoms with E-state index in [9.17, 15) is 4.79 Å². The molecule has 2 aromatic heterocycles. The van der Waals surface area contributed by atoms with Crippen molar-refractivity contribution in [2.75, 3.05) is 7.11 Å². The van der Waals surface area contributed by atoms with Gasteiger partial charge in [-0.15, -0.1) is 0 Å². The summed E-state index contributed by atoms with van der Waals surface area (Å²) >= 11 is 4.86. The summed E-state index contributed by atoms with van der Waals surface area (Å²) in [6, 6.07) is 5.07. The summed E-state index contributed by atoms with van der Waals surface area (Å²) in [6.07, 6.45) is 1.88. The van der Waals surface area contributed by atoms with Crippen LogP contribution in [0.25, 0.3) is 0 Å². The molecule has 8 heteroatoms. The van der Waals surface area contributed by atoms with Gasteiger partial charge in [0.1, 0.15) is 6.73 Å². The first kappa shape index (κ1) is 14.9. The van der Waals surface area contributed by atoms with E-state index in [1.165, 1.54) is 18.3 Å². The van der Waals surface area contributed by atoms with Crippen LogP contribution in [-0.2, 0) is 16.3 Å². The van der Waals surface area contributed by atoms with Crippen LogP contribution in [0.1, 0.15) is 6.92 Å². The SMILES string of the molecule is COCn1cc(Br)sc1=Nc1cccc(OC(C)=O)n1. The molecule has 0 N–H and O–H groups in total. The highest BCUT2D eigenvalue weighted by atomic mass is 79.9. The molecule has 0 amide bonds. The molecule has 0 atom stereocenters. The van der Waals surface area contributed by atoms with Gasteiger partial charge in [-0.2, -0.15) is 4.98 Å². The van der Waals surface area contributed by atoms with Gasteiger partial charge in [-0.05, 0) is 22.0 Å². The third-order valence-corrected chi connectivity index (χ3v) is 3.63. The van der Waals surface area contributed by atoms with E-state index in [0.717, 1.165) is 8.59 Å². The lowest BCUT2D eigenvalue weighted by Crippen LogP contribution is -2.14. The molecule has 20 heavy (non-hydrogen) atoms. The number of rotatable bonds is 4. The van der Waals surface area contributed by atoms with E-state index in [1.54, 1.807) is 25.3 Å². The van der Waals surface area contributed by atoms with E-state index in [0.29, 0.717) is 12.5 Å². The van der Waals surface area contributed by atoms with Gasteiger partial charge in [-0.1, -0.05) is 17.4 Å². The van der Waals surface area contributed by atoms with Gasteiger partial charge in [0.15, 0.2) is 10.6 Å². The monoisotopic (exact) mass is 357 g/mol. The van der Waals surface area contributed by atoms with Gasteiger partial charge >= 0.3 is 5.97 Å². The number of pyridine rings is 1. The number of esters is 1. The number of carbonyl (C=O) groups excluding carboxylic acids is 1. The van der Waals surface area contributed by atoms with Crippen molar-refractivity contribution in [2.45, 2.75) is 13.7 Å². The maximum absolute atomic E-state index is 10.9. The molecule has 0 radical (unpaired) electrons. The van der Waals surface area contributed by atoms with E-state index >= 15 is 0 Å². The van der Waals surface area contributed by atoms with Crippen LogP contribution in [0.4, 0.5) is 5.82 Å². The maximum Gasteiger partial charge on any atom is 0.309 e. The number of hydrogen-bond donors (Lipinski definition) is 0. The average Bonchev–Trinajstić information content (AvgIpc) is 2.69. The predicted molar refractivity (Wildman–Crippen MR) is 77.8 cm³/mol. The van der Waals surface area contributed by atoms with Gasteiger partial charge in [-0.3, -0.25) is 9.36 Å². The predicted octanol–water partition coefficient (Wildman–Crippen LogP) is 2.47. The molecule has 0 aliphatic carbocycles. The number of methoxy groups -OCH3 is 1. The summed E-state index contributed by atoms with van der Waals surface area (Å²) in [6.45, 7) is 1.72. The summed E-state index contributed by atoms with van der Waals surface area (Å²) in [7, 11) is 1.61. The molecule has 0 aliphatic heterocycles. The van der Waals surface area contributed by atoms with Crippen molar-refractivity contribution in [3.63, 3.8) is 0 Å². The summed E-state index contributed by atoms with van der Waals surface area (Å²) in [4.78, 5) is 20.2. The Kier molecular flexibility index (Phi) is 5.05. The Balaban J connectivity index is 2.37. The maximum atomic E-state index is 10.9. The third-order valence-electron chi connectivity index (χ3n) is 2.13. The molecule has 0 unspecified atom stereocenters. The van der Waals surface area contributed by atoms with Gasteiger partial charge < -0.3 is 9.47 Å². The smallest absolute Gasteiger partial charge is 0.309 e. The molecule has 0 saturated heterocycles. The lowest BCUT2D eigenvalue weighted by Gasteiger charge is -2.01. The normalized spacial score (nSPS) is 11.7. The summed E-state index contributed by atoms with van der Waals surface area (Å²) in [5, 5.41) is 0. The number of nitrogens with zero attached hydrogens (tertiary/aromatic N) is 3. The molecule has 0 aliphatic rings. The highest BCUT2D eigenvalue weighted by Gasteiger charge is 2.03. The van der Waals surface area contributed by atoms with E-state index in [-0.39, 0.29) is 5.88 Å². The minimum absolute atomic E-state index is 0.229. The molecule has 0 fully saturated rings. The Labute approximate surface area is 127 Å². The Hall–Kier alpha value is -1.51. The lowest BCUT2D eigenvalue weighted by molar-refractivity contribution is -0.132. The fourth-order valence-electron chi connectivity index (χ4n) is 1.44. The highest BCUT2D eigenvalue weighted by molar-refractivity contribution is 9.11. The standard InChI is InChI=1S/C12H12BrN3O3S/c1-8(17)19-11-5-3-4-10(14-11)15-12-16(7-18-2)6-9(13)20-12/h3-6H,7H2,1-2H3. The number of hydrogen-bond acceptors (Lipinski definition) is 6. The molecule has 2 aromatic rings. The Morgan fingerprint density at radius 1 is 1.55 bits per heavy atom. The zero-order valence-electron chi connectivity index (χ0n) is 10.9. The Morgan fingerprint density at radius 3 is 3.05 bits per heavy atom. The lowest BCUT2D eigenvalue weighted by atomic mass is 10.4. The van der Waals surface area contributed by atoms with E-state index in [2.05, 4.69) is 25.9 Å². The summed E-state index contributed by atoms with van der Waals surface area (Å²) < 4.78 is 12.8. The van der Waals surface area contributed by atoms with E-state index in [4.69, 9.17) is 9.47 Å². The van der Waals surface area contributed by atoms with Crippen LogP contribution in [0, 0.1) is 0 Å². The van der Waals surface area contributed by atoms with E-state index < -0.39 is 5.97 Å². The molecular weight excluding hydrogens is 346 g/mol. The second kappa shape index (κ2) is 6.78. The minimum atomic E-state index is -0.414. The summed E-state index contributed by atoms with van der Waals surface area (Å²) in [5.74, 6) is 0.276. The van der Waals surface area contributed by atoms with Gasteiger partial charge in [0, 0.05) is 26.3 Å². The van der Waals surface area contributed by atoms with Gasteiger partial charge in [0.05, 0.1) is 3.79 Å². The van der Waals surface area contributed by atoms with Crippen molar-refractivity contribution in [3.8, 4) is 5.88 Å². The van der Waals surface area contributed by atoms with Gasteiger partial charge in [-0.25, -0.2) is 4.99 Å². The van der Waals surface area contributed by atoms with Crippen LogP contribution in [-0.4, -0.2) is 22.6 Å². The second-order valence-corrected chi connectivity index (χ2v) is 6.13. The first-order valence-electron chi connectivity index (χ1n) is 5.63. The number of carbonyl (C=O) groups is 1. The highest BCUT2D eigenvalue weighted by Crippen LogP contribution is 2.16. The molecule has 0 spiro atoms. The molecule has 106 valence electrons. The zero-order chi connectivity index (χ0) is 14.5. The molecular formula is C12H12BrN3O3S. The second-order valence-electron chi connectivity index (χ2n) is 3.74. The Bertz CT molecular complexity index is 681. The van der Waals surface area contributed by atoms with Crippen molar-refractivity contribution in [1.29, 1.82) is 0 Å². The fraction of sp³-hybridized carbons (Fsp3) is 0.250. The molecule has 2 rings (SSSR count). The van der Waals surface area contributed by atoms with Crippen LogP contribution in [0.5, 0.6) is 5.88 Å². The van der Waals surface area contributed by atoms with Crippen LogP contribution in [0.15, 0.2) is 33.2 Å². The Morgan fingerprint density at radius 2 is 2.35 bits per heavy atom. The largest absolute Gasteiger partial charge is 0.408 e. The molecule has 2 heterocycles. The third kappa shape index (κ3) is 3.99. The first-order valence-corrected chi connectivity index (χ1v) is 7.24. The molecule has 0 aromatic carbocycles. The number of aromatic nitrogens is 2. The van der Waals surface area contributed by atoms with Crippen LogP contribution in [0.2, 0.25) is 0 Å². The fourth-order valence-corrected chi connectivity index (χ4v) is 2.83. The average molecular weight is 358 g/mol. The van der Waals surface area contributed by atoms with Crippen LogP contribution < -0.4 is 9.54 Å². The summed E-state index contributed by atoms with van der Waals surface area (Å²) in [5.41, 5.74) is 0. The minimum Gasteiger partial charge on any atom is -0.408 e. The first-order chi connectivity index (χ1) is 9.58. The van der Waals surface area contributed by atoms with Gasteiger partial charge in [0.25, 0.3) is 0 Å². The van der Waals surface area contributed by atoms with Crippen LogP contribution in [0.3, 0.4) is 0 Å². The molecule has 0 bridgehead atoms. The van der Waals surface area contributed by atoms with Crippen molar-refractivity contribution in [1.82, 2.24) is 9.55 Å². The number of halogens is 1. The topological polar surface area (TPSA) is 65.7 Å². The van der Waals surface area contributed by atoms with Crippen molar-refractivity contribution < 1.29 is 14.3 Å². The van der Waals surface area contributed by atoms with E-state index in [1.807, 2.05) is 10.8 Å². The quantitative estimate of drug-likeness (QED) is 0.788. The van der Waals surface area contributed by atoms with Crippen LogP contribution >= 0.6 is 27.3 Å². The number of thiazole rings is 1. The zero-order valence-corrected chi connectivity index (χ0v) is 13.3.